The molecule has 0 aliphatic heterocycles. The summed E-state index contributed by atoms with van der Waals surface area (Å²) in [6.07, 6.45) is 2.85. The van der Waals surface area contributed by atoms with Crippen LogP contribution in [0.2, 0.25) is 0 Å². The summed E-state index contributed by atoms with van der Waals surface area (Å²) in [6.45, 7) is 0.164. The van der Waals surface area contributed by atoms with Gasteiger partial charge in [0.2, 0.25) is 0 Å². The van der Waals surface area contributed by atoms with Crippen LogP contribution in [0.1, 0.15) is 5.69 Å². The Labute approximate surface area is 126 Å². The second kappa shape index (κ2) is 7.41. The Balaban J connectivity index is 2.03. The summed E-state index contributed by atoms with van der Waals surface area (Å²) in [5.74, 6) is -0.453. The molecule has 0 bridgehead atoms. The van der Waals surface area contributed by atoms with Crippen molar-refractivity contribution in [1.29, 1.82) is 10.5 Å². The number of nitrogens with one attached hydrogen (secondary N) is 1. The first kappa shape index (κ1) is 15.0. The third-order valence-corrected chi connectivity index (χ3v) is 2.66. The number of anilines is 1. The van der Waals surface area contributed by atoms with Crippen LogP contribution in [-0.2, 0) is 6.61 Å². The second-order valence-electron chi connectivity index (χ2n) is 4.18. The minimum atomic E-state index is -0.551. The summed E-state index contributed by atoms with van der Waals surface area (Å²) in [7, 11) is 0. The van der Waals surface area contributed by atoms with Gasteiger partial charge in [-0.05, 0) is 24.3 Å². The SMILES string of the molecule is N#CC(C#N)=CNc1ccc(OCc2ccccn2)c(F)c1. The molecule has 0 aliphatic rings. The highest BCUT2D eigenvalue weighted by Crippen LogP contribution is 2.22. The smallest absolute Gasteiger partial charge is 0.167 e. The summed E-state index contributed by atoms with van der Waals surface area (Å²) in [4.78, 5) is 4.08. The lowest BCUT2D eigenvalue weighted by molar-refractivity contribution is 0.286. The van der Waals surface area contributed by atoms with Crippen LogP contribution in [0.25, 0.3) is 0 Å². The molecule has 2 rings (SSSR count). The number of benzene rings is 1. The Kier molecular flexibility index (Phi) is 5.06. The van der Waals surface area contributed by atoms with Gasteiger partial charge in [-0.2, -0.15) is 10.5 Å². The maximum Gasteiger partial charge on any atom is 0.167 e. The van der Waals surface area contributed by atoms with E-state index in [-0.39, 0.29) is 17.9 Å². The zero-order valence-electron chi connectivity index (χ0n) is 11.5. The highest BCUT2D eigenvalue weighted by atomic mass is 19.1. The van der Waals surface area contributed by atoms with Gasteiger partial charge in [0, 0.05) is 24.2 Å². The molecule has 5 nitrogen and oxygen atoms in total. The third-order valence-electron chi connectivity index (χ3n) is 2.66. The quantitative estimate of drug-likeness (QED) is 0.857. The summed E-state index contributed by atoms with van der Waals surface area (Å²) in [6, 6.07) is 13.1. The van der Waals surface area contributed by atoms with Crippen molar-refractivity contribution in [3.63, 3.8) is 0 Å². The Hall–Kier alpha value is -3.38. The lowest BCUT2D eigenvalue weighted by Gasteiger charge is -2.08. The normalized spacial score (nSPS) is 9.23. The number of hydrogen-bond acceptors (Lipinski definition) is 5. The molecule has 0 amide bonds. The second-order valence-corrected chi connectivity index (χ2v) is 4.18. The van der Waals surface area contributed by atoms with E-state index in [1.165, 1.54) is 18.3 Å². The molecule has 22 heavy (non-hydrogen) atoms. The number of nitrogens with zero attached hydrogens (tertiary/aromatic N) is 3. The zero-order chi connectivity index (χ0) is 15.8. The highest BCUT2D eigenvalue weighted by Gasteiger charge is 2.05. The van der Waals surface area contributed by atoms with Crippen molar-refractivity contribution in [3.8, 4) is 17.9 Å². The fourth-order valence-corrected chi connectivity index (χ4v) is 1.59. The largest absolute Gasteiger partial charge is 0.484 e. The van der Waals surface area contributed by atoms with Gasteiger partial charge >= 0.3 is 0 Å². The number of rotatable bonds is 5. The summed E-state index contributed by atoms with van der Waals surface area (Å²) in [5.41, 5.74) is 1.00. The van der Waals surface area contributed by atoms with Crippen LogP contribution >= 0.6 is 0 Å². The molecule has 0 radical (unpaired) electrons. The van der Waals surface area contributed by atoms with Gasteiger partial charge in [0.15, 0.2) is 11.6 Å². The van der Waals surface area contributed by atoms with Crippen molar-refractivity contribution in [3.05, 3.63) is 65.9 Å². The van der Waals surface area contributed by atoms with Crippen LogP contribution in [0.15, 0.2) is 54.4 Å². The van der Waals surface area contributed by atoms with Crippen LogP contribution in [0, 0.1) is 28.5 Å². The molecule has 0 saturated heterocycles. The predicted molar refractivity (Wildman–Crippen MR) is 77.9 cm³/mol. The summed E-state index contributed by atoms with van der Waals surface area (Å²) >= 11 is 0. The molecule has 108 valence electrons. The summed E-state index contributed by atoms with van der Waals surface area (Å²) in [5, 5.41) is 19.9. The van der Waals surface area contributed by atoms with Crippen molar-refractivity contribution in [1.82, 2.24) is 4.98 Å². The van der Waals surface area contributed by atoms with E-state index in [1.807, 2.05) is 6.07 Å². The van der Waals surface area contributed by atoms with Gasteiger partial charge in [0.1, 0.15) is 24.3 Å². The van der Waals surface area contributed by atoms with Crippen molar-refractivity contribution < 1.29 is 9.13 Å². The molecule has 0 aliphatic carbocycles. The van der Waals surface area contributed by atoms with Gasteiger partial charge in [-0.15, -0.1) is 0 Å². The van der Waals surface area contributed by atoms with E-state index >= 15 is 0 Å². The van der Waals surface area contributed by atoms with Gasteiger partial charge in [0.05, 0.1) is 5.69 Å². The summed E-state index contributed by atoms with van der Waals surface area (Å²) < 4.78 is 19.3. The van der Waals surface area contributed by atoms with Gasteiger partial charge in [-0.3, -0.25) is 4.98 Å². The first-order valence-electron chi connectivity index (χ1n) is 6.32. The Morgan fingerprint density at radius 2 is 2.09 bits per heavy atom. The van der Waals surface area contributed by atoms with Crippen LogP contribution in [0.3, 0.4) is 0 Å². The van der Waals surface area contributed by atoms with Crippen molar-refractivity contribution in [2.24, 2.45) is 0 Å². The topological polar surface area (TPSA) is 81.7 Å². The number of pyridine rings is 1. The maximum atomic E-state index is 13.9. The number of aromatic nitrogens is 1. The minimum Gasteiger partial charge on any atom is -0.484 e. The van der Waals surface area contributed by atoms with Crippen LogP contribution in [-0.4, -0.2) is 4.98 Å². The predicted octanol–water partition coefficient (Wildman–Crippen LogP) is 3.14. The number of halogens is 1. The average Bonchev–Trinajstić information content (AvgIpc) is 2.56. The van der Waals surface area contributed by atoms with Crippen LogP contribution < -0.4 is 10.1 Å². The van der Waals surface area contributed by atoms with E-state index in [9.17, 15) is 4.39 Å². The lowest BCUT2D eigenvalue weighted by Crippen LogP contribution is -2.00. The number of hydrogen-bond donors (Lipinski definition) is 1. The van der Waals surface area contributed by atoms with Crippen molar-refractivity contribution in [2.75, 3.05) is 5.32 Å². The van der Waals surface area contributed by atoms with E-state index < -0.39 is 5.82 Å². The Morgan fingerprint density at radius 3 is 2.73 bits per heavy atom. The zero-order valence-corrected chi connectivity index (χ0v) is 11.5. The van der Waals surface area contributed by atoms with E-state index in [0.717, 1.165) is 0 Å². The first-order chi connectivity index (χ1) is 10.7. The number of nitriles is 2. The number of ether oxygens (including phenoxy) is 1. The molecule has 2 aromatic rings. The molecule has 6 heteroatoms. The average molecular weight is 294 g/mol. The molecular formula is C16H11FN4O. The van der Waals surface area contributed by atoms with Crippen molar-refractivity contribution >= 4 is 5.69 Å². The molecule has 1 aromatic carbocycles. The lowest BCUT2D eigenvalue weighted by atomic mass is 10.2. The molecule has 1 aromatic heterocycles. The molecule has 1 N–H and O–H groups in total. The molecule has 0 unspecified atom stereocenters. The molecule has 1 heterocycles. The first-order valence-corrected chi connectivity index (χ1v) is 6.32. The van der Waals surface area contributed by atoms with Crippen LogP contribution in [0.4, 0.5) is 10.1 Å². The maximum absolute atomic E-state index is 13.9. The van der Waals surface area contributed by atoms with Gasteiger partial charge in [-0.1, -0.05) is 6.07 Å². The fourth-order valence-electron chi connectivity index (χ4n) is 1.59. The van der Waals surface area contributed by atoms with Gasteiger partial charge in [0.25, 0.3) is 0 Å². The molecule has 0 atom stereocenters. The van der Waals surface area contributed by atoms with Gasteiger partial charge in [-0.25, -0.2) is 4.39 Å². The molecular weight excluding hydrogens is 283 g/mol. The Bertz CT molecular complexity index is 744. The van der Waals surface area contributed by atoms with E-state index in [2.05, 4.69) is 10.3 Å². The highest BCUT2D eigenvalue weighted by molar-refractivity contribution is 5.51. The minimum absolute atomic E-state index is 0.0981. The number of allylic oxidation sites excluding steroid dienone is 1. The van der Waals surface area contributed by atoms with Crippen LogP contribution in [0.5, 0.6) is 5.75 Å². The third kappa shape index (κ3) is 4.06. The molecule has 0 spiro atoms. The van der Waals surface area contributed by atoms with Crippen molar-refractivity contribution in [2.45, 2.75) is 6.61 Å². The molecule has 0 saturated carbocycles. The Morgan fingerprint density at radius 1 is 1.27 bits per heavy atom. The van der Waals surface area contributed by atoms with E-state index in [0.29, 0.717) is 11.4 Å². The fraction of sp³-hybridized carbons (Fsp3) is 0.0625. The molecule has 0 fully saturated rings. The monoisotopic (exact) mass is 294 g/mol. The van der Waals surface area contributed by atoms with Gasteiger partial charge < -0.3 is 10.1 Å². The standard InChI is InChI=1S/C16H11FN4O/c17-15-7-13(21-10-12(8-18)9-19)4-5-16(15)22-11-14-3-1-2-6-20-14/h1-7,10,21H,11H2. The van der Waals surface area contributed by atoms with E-state index in [1.54, 1.807) is 36.5 Å². The van der Waals surface area contributed by atoms with E-state index in [4.69, 9.17) is 15.3 Å².